The number of sulfonamides is 1. The Labute approximate surface area is 108 Å². The van der Waals surface area contributed by atoms with Crippen molar-refractivity contribution in [3.8, 4) is 0 Å². The first-order valence-electron chi connectivity index (χ1n) is 4.97. The molecule has 0 aliphatic heterocycles. The first-order chi connectivity index (χ1) is 8.94. The van der Waals surface area contributed by atoms with E-state index in [0.717, 1.165) is 0 Å². The predicted molar refractivity (Wildman–Crippen MR) is 65.1 cm³/mol. The molecule has 5 N–H and O–H groups in total. The first kappa shape index (κ1) is 12.9. The molecule has 10 nitrogen and oxygen atoms in total. The molecule has 0 radical (unpaired) electrons. The zero-order valence-electron chi connectivity index (χ0n) is 9.77. The van der Waals surface area contributed by atoms with Crippen LogP contribution in [-0.4, -0.2) is 39.4 Å². The van der Waals surface area contributed by atoms with Crippen molar-refractivity contribution in [3.05, 3.63) is 24.2 Å². The fraction of sp³-hybridized carbons (Fsp3) is 0.125. The van der Waals surface area contributed by atoms with Crippen molar-refractivity contribution in [2.75, 3.05) is 4.72 Å². The summed E-state index contributed by atoms with van der Waals surface area (Å²) in [4.78, 5) is -0.0185. The van der Waals surface area contributed by atoms with E-state index >= 15 is 0 Å². The molecule has 0 saturated carbocycles. The molecule has 19 heavy (non-hydrogen) atoms. The molecule has 0 spiro atoms. The lowest BCUT2D eigenvalue weighted by molar-refractivity contribution is 0.318. The van der Waals surface area contributed by atoms with Gasteiger partial charge in [0, 0.05) is 13.2 Å². The molecule has 11 heteroatoms. The van der Waals surface area contributed by atoms with E-state index in [0.29, 0.717) is 0 Å². The third kappa shape index (κ3) is 2.49. The van der Waals surface area contributed by atoms with Crippen LogP contribution in [0.1, 0.15) is 5.56 Å². The minimum atomic E-state index is -3.82. The molecule has 0 atom stereocenters. The van der Waals surface area contributed by atoms with Gasteiger partial charge in [0.2, 0.25) is 0 Å². The monoisotopic (exact) mass is 285 g/mol. The lowest BCUT2D eigenvalue weighted by Gasteiger charge is -2.05. The molecular weight excluding hydrogens is 274 g/mol. The third-order valence-electron chi connectivity index (χ3n) is 2.25. The number of aromatic nitrogens is 4. The molecule has 2 rings (SSSR count). The Hall–Kier alpha value is -2.56. The average Bonchev–Trinajstić information content (AvgIpc) is 2.97. The summed E-state index contributed by atoms with van der Waals surface area (Å²) in [5.41, 5.74) is 5.52. The second-order valence-corrected chi connectivity index (χ2v) is 5.28. The molecule has 0 aliphatic rings. The van der Waals surface area contributed by atoms with Crippen molar-refractivity contribution in [1.29, 1.82) is 0 Å². The minimum Gasteiger partial charge on any atom is -0.409 e. The number of amidine groups is 1. The molecule has 102 valence electrons. The smallest absolute Gasteiger partial charge is 0.266 e. The van der Waals surface area contributed by atoms with Gasteiger partial charge in [-0.1, -0.05) is 5.16 Å². The number of nitrogens with zero attached hydrogens (tertiary/aromatic N) is 4. The largest absolute Gasteiger partial charge is 0.409 e. The molecular formula is C8H11N7O3S. The number of aryl methyl sites for hydroxylation is 1. The van der Waals surface area contributed by atoms with Crippen LogP contribution in [-0.2, 0) is 17.1 Å². The number of H-pyrrole nitrogens is 1. The van der Waals surface area contributed by atoms with Gasteiger partial charge in [0.15, 0.2) is 5.84 Å². The van der Waals surface area contributed by atoms with E-state index in [1.165, 1.54) is 23.3 Å². The van der Waals surface area contributed by atoms with Crippen LogP contribution in [0, 0.1) is 0 Å². The van der Waals surface area contributed by atoms with Gasteiger partial charge in [-0.3, -0.25) is 14.5 Å². The Balaban J connectivity index is 2.34. The third-order valence-corrected chi connectivity index (χ3v) is 3.56. The summed E-state index contributed by atoms with van der Waals surface area (Å²) in [6.45, 7) is 0. The fourth-order valence-electron chi connectivity index (χ4n) is 1.34. The van der Waals surface area contributed by atoms with Crippen molar-refractivity contribution >= 4 is 21.7 Å². The quantitative estimate of drug-likeness (QED) is 0.246. The van der Waals surface area contributed by atoms with Crippen molar-refractivity contribution in [2.45, 2.75) is 4.90 Å². The van der Waals surface area contributed by atoms with Gasteiger partial charge in [0.1, 0.15) is 10.7 Å². The SMILES string of the molecule is Cn1cc(S(=O)(=O)Nc2[nH]ncc2C(N)=NO)cn1. The highest BCUT2D eigenvalue weighted by Crippen LogP contribution is 2.16. The van der Waals surface area contributed by atoms with Crippen LogP contribution in [0.25, 0.3) is 0 Å². The number of rotatable bonds is 4. The van der Waals surface area contributed by atoms with Gasteiger partial charge in [-0.25, -0.2) is 8.42 Å². The van der Waals surface area contributed by atoms with Crippen LogP contribution in [0.4, 0.5) is 5.82 Å². The zero-order valence-corrected chi connectivity index (χ0v) is 10.6. The number of hydrogen-bond donors (Lipinski definition) is 4. The average molecular weight is 285 g/mol. The number of nitrogens with two attached hydrogens (primary N) is 1. The Bertz CT molecular complexity index is 714. The number of nitrogens with one attached hydrogen (secondary N) is 2. The van der Waals surface area contributed by atoms with Crippen LogP contribution >= 0.6 is 0 Å². The molecule has 2 aromatic heterocycles. The van der Waals surface area contributed by atoms with E-state index in [9.17, 15) is 8.42 Å². The lowest BCUT2D eigenvalue weighted by atomic mass is 10.3. The van der Waals surface area contributed by atoms with Gasteiger partial charge < -0.3 is 10.9 Å². The van der Waals surface area contributed by atoms with Crippen LogP contribution in [0.5, 0.6) is 0 Å². The Kier molecular flexibility index (Phi) is 3.12. The van der Waals surface area contributed by atoms with E-state index in [2.05, 4.69) is 25.2 Å². The maximum absolute atomic E-state index is 12.0. The van der Waals surface area contributed by atoms with Crippen LogP contribution in [0.2, 0.25) is 0 Å². The van der Waals surface area contributed by atoms with Gasteiger partial charge in [-0.05, 0) is 0 Å². The highest BCUT2D eigenvalue weighted by molar-refractivity contribution is 7.92. The highest BCUT2D eigenvalue weighted by Gasteiger charge is 2.20. The molecule has 2 aromatic rings. The van der Waals surface area contributed by atoms with Crippen molar-refractivity contribution < 1.29 is 13.6 Å². The van der Waals surface area contributed by atoms with Crippen LogP contribution in [0.3, 0.4) is 0 Å². The maximum Gasteiger partial charge on any atom is 0.266 e. The second-order valence-electron chi connectivity index (χ2n) is 3.60. The molecule has 0 aliphatic carbocycles. The highest BCUT2D eigenvalue weighted by atomic mass is 32.2. The first-order valence-corrected chi connectivity index (χ1v) is 6.45. The van der Waals surface area contributed by atoms with Crippen LogP contribution in [0.15, 0.2) is 28.6 Å². The standard InChI is InChI=1S/C8H11N7O3S/c1-15-4-5(2-11-15)19(17,18)14-8-6(3-10-12-8)7(9)13-16/h2-4,16H,1H3,(H2,9,13)(H2,10,12,14). The normalized spacial score (nSPS) is 12.6. The number of hydrogen-bond acceptors (Lipinski definition) is 6. The summed E-state index contributed by atoms with van der Waals surface area (Å²) in [5.74, 6) is -0.267. The number of anilines is 1. The summed E-state index contributed by atoms with van der Waals surface area (Å²) < 4.78 is 27.6. The number of oxime groups is 1. The van der Waals surface area contributed by atoms with E-state index in [1.54, 1.807) is 7.05 Å². The van der Waals surface area contributed by atoms with Gasteiger partial charge in [0.05, 0.1) is 18.0 Å². The predicted octanol–water partition coefficient (Wildman–Crippen LogP) is -0.961. The van der Waals surface area contributed by atoms with Gasteiger partial charge in [-0.15, -0.1) is 0 Å². The van der Waals surface area contributed by atoms with E-state index in [4.69, 9.17) is 10.9 Å². The second kappa shape index (κ2) is 4.61. The van der Waals surface area contributed by atoms with Crippen LogP contribution < -0.4 is 10.5 Å². The topological polar surface area (TPSA) is 151 Å². The Morgan fingerprint density at radius 2 is 2.32 bits per heavy atom. The van der Waals surface area contributed by atoms with Gasteiger partial charge in [0.25, 0.3) is 10.0 Å². The molecule has 0 bridgehead atoms. The lowest BCUT2D eigenvalue weighted by Crippen LogP contribution is -2.18. The van der Waals surface area contributed by atoms with Gasteiger partial charge in [-0.2, -0.15) is 10.2 Å². The maximum atomic E-state index is 12.0. The minimum absolute atomic E-state index is 0.000784. The van der Waals surface area contributed by atoms with Crippen molar-refractivity contribution in [2.24, 2.45) is 17.9 Å². The van der Waals surface area contributed by atoms with Crippen molar-refractivity contribution in [1.82, 2.24) is 20.0 Å². The molecule has 0 saturated heterocycles. The molecule has 0 unspecified atom stereocenters. The molecule has 0 aromatic carbocycles. The summed E-state index contributed by atoms with van der Waals surface area (Å²) in [6.07, 6.45) is 3.76. The summed E-state index contributed by atoms with van der Waals surface area (Å²) in [7, 11) is -2.23. The number of aromatic amines is 1. The molecule has 0 amide bonds. The van der Waals surface area contributed by atoms with Gasteiger partial charge >= 0.3 is 0 Å². The summed E-state index contributed by atoms with van der Waals surface area (Å²) in [5, 5.41) is 21.2. The van der Waals surface area contributed by atoms with E-state index < -0.39 is 10.0 Å². The molecule has 0 fully saturated rings. The van der Waals surface area contributed by atoms with E-state index in [-0.39, 0.29) is 22.1 Å². The van der Waals surface area contributed by atoms with Crippen molar-refractivity contribution in [3.63, 3.8) is 0 Å². The fourth-order valence-corrected chi connectivity index (χ4v) is 2.36. The Morgan fingerprint density at radius 1 is 1.58 bits per heavy atom. The summed E-state index contributed by atoms with van der Waals surface area (Å²) >= 11 is 0. The Morgan fingerprint density at radius 3 is 2.89 bits per heavy atom. The zero-order chi connectivity index (χ0) is 14.0. The van der Waals surface area contributed by atoms with E-state index in [1.807, 2.05) is 0 Å². The molecule has 2 heterocycles. The summed E-state index contributed by atoms with van der Waals surface area (Å²) in [6, 6.07) is 0.